The van der Waals surface area contributed by atoms with Gasteiger partial charge in [-0.05, 0) is 37.1 Å². The monoisotopic (exact) mass is 264 g/mol. The summed E-state index contributed by atoms with van der Waals surface area (Å²) < 4.78 is 0. The van der Waals surface area contributed by atoms with Gasteiger partial charge in [0.1, 0.15) is 0 Å². The zero-order valence-electron chi connectivity index (χ0n) is 9.71. The van der Waals surface area contributed by atoms with Gasteiger partial charge < -0.3 is 0 Å². The molecular formula is C14H12FeN2. The average molecular weight is 264 g/mol. The molecule has 0 aliphatic carbocycles. The number of nitrogens with zero attached hydrogens (tertiary/aromatic N) is 2. The third-order valence-corrected chi connectivity index (χ3v) is 3.21. The van der Waals surface area contributed by atoms with Crippen molar-refractivity contribution in [3.8, 4) is 0 Å². The Hall–Kier alpha value is -1.44. The van der Waals surface area contributed by atoms with Crippen LogP contribution in [-0.4, -0.2) is 9.97 Å². The minimum absolute atomic E-state index is 0. The van der Waals surface area contributed by atoms with E-state index in [0.29, 0.717) is 0 Å². The van der Waals surface area contributed by atoms with Crippen LogP contribution in [0.3, 0.4) is 0 Å². The number of aromatic nitrogens is 2. The molecule has 0 fully saturated rings. The number of pyridine rings is 2. The summed E-state index contributed by atoms with van der Waals surface area (Å²) in [6, 6.07) is 8.17. The first kappa shape index (κ1) is 12.0. The van der Waals surface area contributed by atoms with Crippen molar-refractivity contribution in [2.75, 3.05) is 0 Å². The quantitative estimate of drug-likeness (QED) is 0.459. The summed E-state index contributed by atoms with van der Waals surface area (Å²) in [7, 11) is 0. The molecular weight excluding hydrogens is 252 g/mol. The predicted molar refractivity (Wildman–Crippen MR) is 66.5 cm³/mol. The molecule has 2 nitrogen and oxygen atoms in total. The molecule has 1 aromatic carbocycles. The molecule has 0 aliphatic rings. The standard InChI is InChI=1S/C14H12N2.Fe/c1-9-10(2)12-6-4-8-16-14(12)13-11(9)5-3-7-15-13;/h3-8H,1-2H3;. The third kappa shape index (κ3) is 1.72. The second kappa shape index (κ2) is 4.44. The zero-order valence-corrected chi connectivity index (χ0v) is 10.8. The van der Waals surface area contributed by atoms with Crippen molar-refractivity contribution in [2.24, 2.45) is 0 Å². The van der Waals surface area contributed by atoms with Gasteiger partial charge in [-0.2, -0.15) is 0 Å². The molecule has 0 saturated carbocycles. The Labute approximate surface area is 111 Å². The molecule has 0 atom stereocenters. The Kier molecular flexibility index (Phi) is 3.14. The fourth-order valence-electron chi connectivity index (χ4n) is 2.20. The van der Waals surface area contributed by atoms with E-state index in [0.717, 1.165) is 11.0 Å². The van der Waals surface area contributed by atoms with Gasteiger partial charge in [-0.3, -0.25) is 9.97 Å². The van der Waals surface area contributed by atoms with Crippen LogP contribution in [-0.2, 0) is 17.1 Å². The van der Waals surface area contributed by atoms with Gasteiger partial charge in [0.05, 0.1) is 11.0 Å². The first-order valence-corrected chi connectivity index (χ1v) is 5.37. The molecule has 0 spiro atoms. The van der Waals surface area contributed by atoms with Crippen LogP contribution >= 0.6 is 0 Å². The van der Waals surface area contributed by atoms with Crippen LogP contribution in [0.25, 0.3) is 21.8 Å². The van der Waals surface area contributed by atoms with Crippen molar-refractivity contribution in [3.63, 3.8) is 0 Å². The van der Waals surface area contributed by atoms with Crippen molar-refractivity contribution < 1.29 is 17.1 Å². The van der Waals surface area contributed by atoms with Crippen molar-refractivity contribution in [2.45, 2.75) is 13.8 Å². The molecule has 3 rings (SSSR count). The molecule has 0 saturated heterocycles. The van der Waals surface area contributed by atoms with E-state index >= 15 is 0 Å². The molecule has 0 bridgehead atoms. The van der Waals surface area contributed by atoms with Crippen molar-refractivity contribution >= 4 is 21.8 Å². The predicted octanol–water partition coefficient (Wildman–Crippen LogP) is 3.40. The number of fused-ring (bicyclic) bond motifs is 3. The van der Waals surface area contributed by atoms with Gasteiger partial charge in [0.2, 0.25) is 0 Å². The second-order valence-electron chi connectivity index (χ2n) is 4.05. The second-order valence-corrected chi connectivity index (χ2v) is 4.05. The van der Waals surface area contributed by atoms with Crippen LogP contribution in [0.2, 0.25) is 0 Å². The topological polar surface area (TPSA) is 25.8 Å². The molecule has 86 valence electrons. The van der Waals surface area contributed by atoms with Gasteiger partial charge in [0.25, 0.3) is 0 Å². The summed E-state index contributed by atoms with van der Waals surface area (Å²) in [5, 5.41) is 2.40. The van der Waals surface area contributed by atoms with E-state index in [1.807, 2.05) is 24.5 Å². The molecule has 3 aromatic rings. The summed E-state index contributed by atoms with van der Waals surface area (Å²) in [5.74, 6) is 0. The molecule has 0 amide bonds. The van der Waals surface area contributed by atoms with Crippen LogP contribution < -0.4 is 0 Å². The Bertz CT molecular complexity index is 631. The van der Waals surface area contributed by atoms with E-state index < -0.39 is 0 Å². The van der Waals surface area contributed by atoms with Crippen molar-refractivity contribution in [3.05, 3.63) is 47.8 Å². The number of rotatable bonds is 0. The molecule has 0 radical (unpaired) electrons. The normalized spacial score (nSPS) is 10.5. The molecule has 0 N–H and O–H groups in total. The molecule has 2 aromatic heterocycles. The summed E-state index contributed by atoms with van der Waals surface area (Å²) in [6.07, 6.45) is 3.65. The maximum absolute atomic E-state index is 4.45. The molecule has 17 heavy (non-hydrogen) atoms. The molecule has 2 heterocycles. The first-order valence-electron chi connectivity index (χ1n) is 5.37. The van der Waals surface area contributed by atoms with E-state index in [9.17, 15) is 0 Å². The molecule has 0 aliphatic heterocycles. The molecule has 3 heteroatoms. The smallest absolute Gasteiger partial charge is 0.0967 e. The van der Waals surface area contributed by atoms with Crippen LogP contribution in [0, 0.1) is 13.8 Å². The summed E-state index contributed by atoms with van der Waals surface area (Å²) in [5.41, 5.74) is 4.59. The van der Waals surface area contributed by atoms with Crippen LogP contribution in [0.15, 0.2) is 36.7 Å². The van der Waals surface area contributed by atoms with E-state index in [1.54, 1.807) is 0 Å². The van der Waals surface area contributed by atoms with Gasteiger partial charge >= 0.3 is 0 Å². The number of aryl methyl sites for hydroxylation is 2. The number of benzene rings is 1. The maximum Gasteiger partial charge on any atom is 0.0967 e. The average Bonchev–Trinajstić information content (AvgIpc) is 2.36. The van der Waals surface area contributed by atoms with E-state index in [-0.39, 0.29) is 17.1 Å². The van der Waals surface area contributed by atoms with Gasteiger partial charge in [0.15, 0.2) is 0 Å². The zero-order chi connectivity index (χ0) is 11.1. The van der Waals surface area contributed by atoms with Crippen LogP contribution in [0.1, 0.15) is 11.1 Å². The van der Waals surface area contributed by atoms with E-state index in [2.05, 4.69) is 35.9 Å². The van der Waals surface area contributed by atoms with Crippen LogP contribution in [0.5, 0.6) is 0 Å². The Morgan fingerprint density at radius 3 is 1.59 bits per heavy atom. The van der Waals surface area contributed by atoms with E-state index in [4.69, 9.17) is 0 Å². The maximum atomic E-state index is 4.45. The van der Waals surface area contributed by atoms with Crippen LogP contribution in [0.4, 0.5) is 0 Å². The summed E-state index contributed by atoms with van der Waals surface area (Å²) >= 11 is 0. The fourth-order valence-corrected chi connectivity index (χ4v) is 2.20. The van der Waals surface area contributed by atoms with Gasteiger partial charge in [-0.25, -0.2) is 0 Å². The number of hydrogen-bond donors (Lipinski definition) is 0. The Morgan fingerprint density at radius 1 is 0.765 bits per heavy atom. The minimum Gasteiger partial charge on any atom is -0.254 e. The summed E-state index contributed by atoms with van der Waals surface area (Å²) in [4.78, 5) is 8.90. The minimum atomic E-state index is 0. The molecule has 0 unspecified atom stereocenters. The van der Waals surface area contributed by atoms with Crippen molar-refractivity contribution in [1.82, 2.24) is 9.97 Å². The van der Waals surface area contributed by atoms with E-state index in [1.165, 1.54) is 21.9 Å². The Morgan fingerprint density at radius 2 is 1.18 bits per heavy atom. The van der Waals surface area contributed by atoms with Crippen molar-refractivity contribution in [1.29, 1.82) is 0 Å². The Balaban J connectivity index is 0.00000108. The summed E-state index contributed by atoms with van der Waals surface area (Å²) in [6.45, 7) is 4.29. The fraction of sp³-hybridized carbons (Fsp3) is 0.143. The SMILES string of the molecule is Cc1c(C)c2cccnc2c2ncccc12.[Fe]. The van der Waals surface area contributed by atoms with Gasteiger partial charge in [0, 0.05) is 40.2 Å². The third-order valence-electron chi connectivity index (χ3n) is 3.21. The first-order chi connectivity index (χ1) is 7.79. The number of hydrogen-bond acceptors (Lipinski definition) is 2. The largest absolute Gasteiger partial charge is 0.254 e. The van der Waals surface area contributed by atoms with Gasteiger partial charge in [-0.1, -0.05) is 12.1 Å². The van der Waals surface area contributed by atoms with Gasteiger partial charge in [-0.15, -0.1) is 0 Å².